The van der Waals surface area contributed by atoms with Crippen molar-refractivity contribution in [1.82, 2.24) is 15.2 Å². The Morgan fingerprint density at radius 1 is 1.00 bits per heavy atom. The van der Waals surface area contributed by atoms with Crippen molar-refractivity contribution < 1.29 is 29.0 Å². The number of nitrogens with zero attached hydrogens (tertiary/aromatic N) is 1. The molecule has 10 nitrogen and oxygen atoms in total. The van der Waals surface area contributed by atoms with Crippen molar-refractivity contribution in [3.8, 4) is 5.88 Å². The van der Waals surface area contributed by atoms with Crippen LogP contribution in [-0.4, -0.2) is 63.3 Å². The standard InChI is InChI=1S/C33H43N3O7/c1-33-17-9-13-21(33)12-3-2-4-15-24-28(37)23-14-7-8-16-25(23)34-29(24)42-22-18-26(31(39)40)36(19-22)30(38)27(35-32(41)43-33)20-10-5-6-11-20/h7-8,14,16,20-22,26-27H,2-6,9-13,15,17-19H2,1H3,(H,34,37)(H,35,41)(H,39,40)/t21-,22-,26+,27+,33-/m1/s1. The fourth-order valence-corrected chi connectivity index (χ4v) is 7.99. The second-order valence-electron chi connectivity index (χ2n) is 13.2. The van der Waals surface area contributed by atoms with E-state index in [9.17, 15) is 24.3 Å². The van der Waals surface area contributed by atoms with E-state index >= 15 is 0 Å². The molecule has 2 amide bonds. The summed E-state index contributed by atoms with van der Waals surface area (Å²) >= 11 is 0. The number of ether oxygens (including phenoxy) is 2. The van der Waals surface area contributed by atoms with E-state index in [0.29, 0.717) is 28.8 Å². The summed E-state index contributed by atoms with van der Waals surface area (Å²) in [5.41, 5.74) is 0.512. The number of hydrogen-bond donors (Lipinski definition) is 3. The van der Waals surface area contributed by atoms with Gasteiger partial charge in [-0.2, -0.15) is 0 Å². The number of H-pyrrole nitrogens is 1. The molecule has 2 aromatic rings. The number of aromatic amines is 1. The molecule has 0 unspecified atom stereocenters. The zero-order chi connectivity index (χ0) is 30.1. The van der Waals surface area contributed by atoms with E-state index in [-0.39, 0.29) is 30.2 Å². The molecule has 3 N–H and O–H groups in total. The summed E-state index contributed by atoms with van der Waals surface area (Å²) in [5, 5.41) is 13.6. The number of carbonyl (C=O) groups excluding carboxylic acids is 2. The highest BCUT2D eigenvalue weighted by Crippen LogP contribution is 2.42. The molecule has 2 aliphatic heterocycles. The third-order valence-electron chi connectivity index (χ3n) is 10.4. The molecule has 2 bridgehead atoms. The van der Waals surface area contributed by atoms with E-state index in [1.165, 1.54) is 4.90 Å². The Balaban J connectivity index is 1.36. The van der Waals surface area contributed by atoms with Gasteiger partial charge in [0.1, 0.15) is 23.8 Å². The molecule has 0 spiro atoms. The lowest BCUT2D eigenvalue weighted by atomic mass is 9.87. The smallest absolute Gasteiger partial charge is 0.408 e. The third-order valence-corrected chi connectivity index (χ3v) is 10.4. The fraction of sp³-hybridized carbons (Fsp3) is 0.636. The van der Waals surface area contributed by atoms with Gasteiger partial charge in [-0.05, 0) is 82.3 Å². The number of benzene rings is 1. The van der Waals surface area contributed by atoms with Crippen LogP contribution in [0.2, 0.25) is 0 Å². The van der Waals surface area contributed by atoms with Crippen LogP contribution < -0.4 is 15.5 Å². The zero-order valence-electron chi connectivity index (χ0n) is 24.9. The van der Waals surface area contributed by atoms with E-state index in [1.54, 1.807) is 6.07 Å². The number of alkyl carbamates (subject to hydrolysis) is 1. The number of amides is 2. The van der Waals surface area contributed by atoms with Crippen LogP contribution >= 0.6 is 0 Å². The number of carbonyl (C=O) groups is 3. The van der Waals surface area contributed by atoms with Crippen LogP contribution in [-0.2, 0) is 20.7 Å². The summed E-state index contributed by atoms with van der Waals surface area (Å²) in [7, 11) is 0. The number of aromatic nitrogens is 1. The molecule has 43 heavy (non-hydrogen) atoms. The SMILES string of the molecule is C[C@@]12CCC[C@H]1CCCCCc1c([nH]c3ccccc3c1=O)O[C@@H]1C[C@@H](C(=O)O)N(C1)C(=O)[C@H](C1CCCC1)NC(=O)O2. The maximum atomic E-state index is 14.1. The third kappa shape index (κ3) is 5.97. The minimum absolute atomic E-state index is 0.0455. The maximum absolute atomic E-state index is 14.1. The largest absolute Gasteiger partial charge is 0.480 e. The van der Waals surface area contributed by atoms with Crippen molar-refractivity contribution in [3.05, 3.63) is 40.1 Å². The van der Waals surface area contributed by atoms with Crippen LogP contribution in [0.1, 0.15) is 89.5 Å². The molecule has 0 radical (unpaired) electrons. The Morgan fingerprint density at radius 3 is 2.53 bits per heavy atom. The second kappa shape index (κ2) is 12.2. The van der Waals surface area contributed by atoms with Crippen LogP contribution in [0.25, 0.3) is 10.9 Å². The number of fused-ring (bicyclic) bond motifs is 5. The summed E-state index contributed by atoms with van der Waals surface area (Å²) in [4.78, 5) is 58.1. The van der Waals surface area contributed by atoms with Crippen molar-refractivity contribution in [3.63, 3.8) is 0 Å². The summed E-state index contributed by atoms with van der Waals surface area (Å²) in [6.07, 6.45) is 9.16. The van der Waals surface area contributed by atoms with Gasteiger partial charge in [0.25, 0.3) is 0 Å². The molecule has 4 aliphatic rings. The molecule has 6 rings (SSSR count). The van der Waals surface area contributed by atoms with Crippen molar-refractivity contribution >= 4 is 28.9 Å². The van der Waals surface area contributed by atoms with Crippen LogP contribution in [0.3, 0.4) is 0 Å². The predicted molar refractivity (Wildman–Crippen MR) is 160 cm³/mol. The van der Waals surface area contributed by atoms with Crippen molar-refractivity contribution in [1.29, 1.82) is 0 Å². The summed E-state index contributed by atoms with van der Waals surface area (Å²) in [6, 6.07) is 5.34. The van der Waals surface area contributed by atoms with E-state index in [1.807, 2.05) is 25.1 Å². The monoisotopic (exact) mass is 593 g/mol. The molecule has 2 saturated carbocycles. The minimum atomic E-state index is -1.12. The van der Waals surface area contributed by atoms with Gasteiger partial charge < -0.3 is 29.8 Å². The first-order valence-corrected chi connectivity index (χ1v) is 16.1. The molecule has 2 aliphatic carbocycles. The highest BCUT2D eigenvalue weighted by atomic mass is 16.6. The predicted octanol–water partition coefficient (Wildman–Crippen LogP) is 4.92. The lowest BCUT2D eigenvalue weighted by molar-refractivity contribution is -0.149. The minimum Gasteiger partial charge on any atom is -0.480 e. The number of para-hydroxylation sites is 1. The number of hydrogen-bond acceptors (Lipinski definition) is 6. The normalized spacial score (nSPS) is 31.0. The van der Waals surface area contributed by atoms with E-state index in [4.69, 9.17) is 9.47 Å². The Hall–Kier alpha value is -3.56. The van der Waals surface area contributed by atoms with Gasteiger partial charge in [-0.25, -0.2) is 9.59 Å². The molecular formula is C33H43N3O7. The lowest BCUT2D eigenvalue weighted by Crippen LogP contribution is -2.55. The Bertz CT molecular complexity index is 1430. The summed E-state index contributed by atoms with van der Waals surface area (Å²) in [6.45, 7) is 2.04. The van der Waals surface area contributed by atoms with Crippen molar-refractivity contribution in [2.24, 2.45) is 11.8 Å². The molecule has 1 aromatic heterocycles. The molecule has 10 heteroatoms. The Kier molecular flexibility index (Phi) is 8.38. The Labute approximate surface area is 251 Å². The van der Waals surface area contributed by atoms with Crippen LogP contribution in [0.15, 0.2) is 29.1 Å². The molecule has 232 valence electrons. The van der Waals surface area contributed by atoms with Crippen LogP contribution in [0.4, 0.5) is 4.79 Å². The Morgan fingerprint density at radius 2 is 1.74 bits per heavy atom. The molecule has 3 heterocycles. The van der Waals surface area contributed by atoms with E-state index in [2.05, 4.69) is 10.3 Å². The van der Waals surface area contributed by atoms with Gasteiger partial charge in [0.2, 0.25) is 5.91 Å². The van der Waals surface area contributed by atoms with Gasteiger partial charge in [0.05, 0.1) is 17.6 Å². The van der Waals surface area contributed by atoms with Gasteiger partial charge in [-0.3, -0.25) is 9.59 Å². The second-order valence-corrected chi connectivity index (χ2v) is 13.2. The van der Waals surface area contributed by atoms with Crippen LogP contribution in [0.5, 0.6) is 5.88 Å². The number of aliphatic carboxylic acids is 1. The molecule has 1 saturated heterocycles. The number of nitrogens with one attached hydrogen (secondary N) is 2. The van der Waals surface area contributed by atoms with E-state index in [0.717, 1.165) is 70.6 Å². The highest BCUT2D eigenvalue weighted by Gasteiger charge is 2.47. The van der Waals surface area contributed by atoms with Gasteiger partial charge >= 0.3 is 12.1 Å². The van der Waals surface area contributed by atoms with Gasteiger partial charge in [-0.1, -0.05) is 37.8 Å². The molecule has 5 atom stereocenters. The van der Waals surface area contributed by atoms with Gasteiger partial charge in [0, 0.05) is 11.8 Å². The first kappa shape index (κ1) is 29.5. The summed E-state index contributed by atoms with van der Waals surface area (Å²) in [5.74, 6) is -1.05. The van der Waals surface area contributed by atoms with Crippen molar-refractivity contribution in [2.75, 3.05) is 6.54 Å². The molecule has 3 fully saturated rings. The summed E-state index contributed by atoms with van der Waals surface area (Å²) < 4.78 is 12.5. The highest BCUT2D eigenvalue weighted by molar-refractivity contribution is 5.90. The zero-order valence-corrected chi connectivity index (χ0v) is 24.9. The lowest BCUT2D eigenvalue weighted by Gasteiger charge is -2.34. The van der Waals surface area contributed by atoms with E-state index < -0.39 is 41.8 Å². The average molecular weight is 594 g/mol. The molecular weight excluding hydrogens is 550 g/mol. The topological polar surface area (TPSA) is 138 Å². The van der Waals surface area contributed by atoms with Gasteiger partial charge in [0.15, 0.2) is 11.3 Å². The number of carboxylic acid groups (broad SMARTS) is 1. The first-order chi connectivity index (χ1) is 20.7. The quantitative estimate of drug-likeness (QED) is 0.449. The average Bonchev–Trinajstić information content (AvgIpc) is 3.73. The van der Waals surface area contributed by atoms with Gasteiger partial charge in [-0.15, -0.1) is 0 Å². The fourth-order valence-electron chi connectivity index (χ4n) is 7.99. The molecule has 1 aromatic carbocycles. The maximum Gasteiger partial charge on any atom is 0.408 e. The number of rotatable bonds is 2. The number of pyridine rings is 1. The van der Waals surface area contributed by atoms with Crippen LogP contribution in [0, 0.1) is 11.8 Å². The van der Waals surface area contributed by atoms with Crippen molar-refractivity contribution in [2.45, 2.75) is 114 Å². The number of carboxylic acids is 1. The first-order valence-electron chi connectivity index (χ1n) is 16.1.